The van der Waals surface area contributed by atoms with Crippen molar-refractivity contribution in [1.82, 2.24) is 9.88 Å². The molecule has 1 aliphatic heterocycles. The summed E-state index contributed by atoms with van der Waals surface area (Å²) in [6.45, 7) is 9.42. The molecular weight excluding hydrogens is 456 g/mol. The number of para-hydroxylation sites is 1. The Kier molecular flexibility index (Phi) is 7.22. The van der Waals surface area contributed by atoms with Crippen molar-refractivity contribution in [2.75, 3.05) is 26.9 Å². The summed E-state index contributed by atoms with van der Waals surface area (Å²) in [5.41, 5.74) is 2.88. The predicted octanol–water partition coefficient (Wildman–Crippen LogP) is 5.32. The van der Waals surface area contributed by atoms with E-state index < -0.39 is 17.7 Å². The average molecular weight is 491 g/mol. The molecule has 7 heteroatoms. The third kappa shape index (κ3) is 4.63. The summed E-state index contributed by atoms with van der Waals surface area (Å²) in [7, 11) is 1.60. The number of nitrogens with zero attached hydrogens (tertiary/aromatic N) is 1. The second kappa shape index (κ2) is 10.2. The zero-order valence-electron chi connectivity index (χ0n) is 21.6. The number of nitrogens with one attached hydrogen (secondary N) is 1. The lowest BCUT2D eigenvalue weighted by atomic mass is 9.84. The third-order valence-electron chi connectivity index (χ3n) is 6.56. The van der Waals surface area contributed by atoms with Gasteiger partial charge in [0.15, 0.2) is 0 Å². The van der Waals surface area contributed by atoms with Gasteiger partial charge in [0.25, 0.3) is 11.7 Å². The Morgan fingerprint density at radius 2 is 1.89 bits per heavy atom. The summed E-state index contributed by atoms with van der Waals surface area (Å²) in [5, 5.41) is 12.5. The van der Waals surface area contributed by atoms with Gasteiger partial charge >= 0.3 is 0 Å². The number of aliphatic hydroxyl groups is 1. The molecule has 0 spiro atoms. The second-order valence-electron chi connectivity index (χ2n) is 10.0. The number of rotatable bonds is 8. The van der Waals surface area contributed by atoms with E-state index in [9.17, 15) is 14.7 Å². The standard InChI is InChI=1S/C29H34N2O5/c1-6-36-23-13-12-18(16-21(23)29(2,3)4)26(32)24-25(20-17-30-22-11-8-7-10-19(20)22)31(14-9-15-35-5)28(34)27(24)33/h7-8,10-13,16-17,25,30,32H,6,9,14-15H2,1-5H3/b26-24+. The molecule has 4 rings (SSSR count). The first kappa shape index (κ1) is 25.5. The number of methoxy groups -OCH3 is 1. The molecule has 0 bridgehead atoms. The maximum absolute atomic E-state index is 13.4. The maximum atomic E-state index is 13.4. The number of aromatic amines is 1. The summed E-state index contributed by atoms with van der Waals surface area (Å²) < 4.78 is 11.0. The number of Topliss-reactive ketones (excluding diaryl/α,β-unsaturated/α-hetero) is 1. The van der Waals surface area contributed by atoms with Crippen LogP contribution in [0.4, 0.5) is 0 Å². The number of amides is 1. The minimum atomic E-state index is -0.720. The van der Waals surface area contributed by atoms with E-state index in [1.54, 1.807) is 18.1 Å². The minimum absolute atomic E-state index is 0.0891. The van der Waals surface area contributed by atoms with Gasteiger partial charge in [-0.25, -0.2) is 0 Å². The molecule has 2 aromatic carbocycles. The van der Waals surface area contributed by atoms with Gasteiger partial charge < -0.3 is 24.5 Å². The van der Waals surface area contributed by atoms with Crippen molar-refractivity contribution >= 4 is 28.4 Å². The van der Waals surface area contributed by atoms with E-state index in [4.69, 9.17) is 9.47 Å². The van der Waals surface area contributed by atoms with E-state index in [2.05, 4.69) is 25.8 Å². The SMILES string of the molecule is CCOc1ccc(/C(O)=C2\C(=O)C(=O)N(CCCOC)C2c2c[nH]c3ccccc23)cc1C(C)(C)C. The molecule has 2 heterocycles. The monoisotopic (exact) mass is 490 g/mol. The van der Waals surface area contributed by atoms with E-state index in [1.165, 1.54) is 0 Å². The van der Waals surface area contributed by atoms with Gasteiger partial charge in [-0.15, -0.1) is 0 Å². The zero-order valence-corrected chi connectivity index (χ0v) is 21.6. The number of ketones is 1. The molecule has 36 heavy (non-hydrogen) atoms. The third-order valence-corrected chi connectivity index (χ3v) is 6.56. The normalized spacial score (nSPS) is 17.8. The smallest absolute Gasteiger partial charge is 0.295 e. The molecule has 7 nitrogen and oxygen atoms in total. The Balaban J connectivity index is 1.90. The molecule has 1 atom stereocenters. The van der Waals surface area contributed by atoms with Crippen LogP contribution >= 0.6 is 0 Å². The van der Waals surface area contributed by atoms with Crippen LogP contribution in [0.3, 0.4) is 0 Å². The Labute approximate surface area is 211 Å². The van der Waals surface area contributed by atoms with Gasteiger partial charge in [-0.2, -0.15) is 0 Å². The summed E-state index contributed by atoms with van der Waals surface area (Å²) in [6.07, 6.45) is 2.39. The quantitative estimate of drug-likeness (QED) is 0.193. The van der Waals surface area contributed by atoms with Gasteiger partial charge in [-0.3, -0.25) is 9.59 Å². The number of ether oxygens (including phenoxy) is 2. The first-order valence-electron chi connectivity index (χ1n) is 12.3. The van der Waals surface area contributed by atoms with Gasteiger partial charge in [0.1, 0.15) is 11.5 Å². The Morgan fingerprint density at radius 3 is 2.58 bits per heavy atom. The highest BCUT2D eigenvalue weighted by Crippen LogP contribution is 2.43. The molecule has 0 saturated carbocycles. The van der Waals surface area contributed by atoms with E-state index >= 15 is 0 Å². The Hall–Kier alpha value is -3.58. The number of carbonyl (C=O) groups is 2. The summed E-state index contributed by atoms with van der Waals surface area (Å²) in [5.74, 6) is -0.766. The number of hydrogen-bond donors (Lipinski definition) is 2. The Bertz CT molecular complexity index is 1310. The molecule has 3 aromatic rings. The number of H-pyrrole nitrogens is 1. The van der Waals surface area contributed by atoms with Crippen LogP contribution in [0.15, 0.2) is 54.2 Å². The average Bonchev–Trinajstić information content (AvgIpc) is 3.37. The second-order valence-corrected chi connectivity index (χ2v) is 10.0. The first-order chi connectivity index (χ1) is 17.2. The molecule has 190 valence electrons. The van der Waals surface area contributed by atoms with Gasteiger partial charge in [-0.1, -0.05) is 39.0 Å². The van der Waals surface area contributed by atoms with Gasteiger partial charge in [-0.05, 0) is 43.0 Å². The number of aliphatic hydroxyl groups excluding tert-OH is 1. The van der Waals surface area contributed by atoms with Crippen molar-refractivity contribution in [3.05, 3.63) is 70.9 Å². The first-order valence-corrected chi connectivity index (χ1v) is 12.3. The predicted molar refractivity (Wildman–Crippen MR) is 140 cm³/mol. The van der Waals surface area contributed by atoms with Crippen LogP contribution in [0.1, 0.15) is 56.8 Å². The van der Waals surface area contributed by atoms with Crippen LogP contribution in [-0.4, -0.2) is 53.5 Å². The minimum Gasteiger partial charge on any atom is -0.507 e. The summed E-state index contributed by atoms with van der Waals surface area (Å²) in [4.78, 5) is 31.4. The van der Waals surface area contributed by atoms with E-state index in [0.717, 1.165) is 27.8 Å². The van der Waals surface area contributed by atoms with E-state index in [1.807, 2.05) is 49.5 Å². The van der Waals surface area contributed by atoms with Crippen molar-refractivity contribution in [3.63, 3.8) is 0 Å². The highest BCUT2D eigenvalue weighted by atomic mass is 16.5. The molecule has 0 radical (unpaired) electrons. The van der Waals surface area contributed by atoms with Crippen molar-refractivity contribution in [2.45, 2.75) is 45.6 Å². The maximum Gasteiger partial charge on any atom is 0.295 e. The van der Waals surface area contributed by atoms with Crippen molar-refractivity contribution in [1.29, 1.82) is 0 Å². The zero-order chi connectivity index (χ0) is 26.0. The fraction of sp³-hybridized carbons (Fsp3) is 0.379. The molecule has 1 aliphatic rings. The van der Waals surface area contributed by atoms with Crippen LogP contribution in [-0.2, 0) is 19.7 Å². The van der Waals surface area contributed by atoms with E-state index in [-0.39, 0.29) is 16.7 Å². The molecule has 0 aliphatic carbocycles. The molecule has 1 amide bonds. The molecule has 1 fully saturated rings. The fourth-order valence-electron chi connectivity index (χ4n) is 4.83. The lowest BCUT2D eigenvalue weighted by Gasteiger charge is -2.25. The van der Waals surface area contributed by atoms with Crippen LogP contribution in [0, 0.1) is 0 Å². The largest absolute Gasteiger partial charge is 0.507 e. The van der Waals surface area contributed by atoms with Gasteiger partial charge in [0.2, 0.25) is 0 Å². The molecule has 1 saturated heterocycles. The lowest BCUT2D eigenvalue weighted by Crippen LogP contribution is -2.31. The van der Waals surface area contributed by atoms with Gasteiger partial charge in [0, 0.05) is 54.1 Å². The van der Waals surface area contributed by atoms with Crippen molar-refractivity contribution < 1.29 is 24.2 Å². The number of benzene rings is 2. The number of aromatic nitrogens is 1. The Morgan fingerprint density at radius 1 is 1.14 bits per heavy atom. The lowest BCUT2D eigenvalue weighted by molar-refractivity contribution is -0.140. The number of fused-ring (bicyclic) bond motifs is 1. The number of likely N-dealkylation sites (tertiary alicyclic amines) is 1. The summed E-state index contributed by atoms with van der Waals surface area (Å²) >= 11 is 0. The van der Waals surface area contributed by atoms with Crippen LogP contribution in [0.2, 0.25) is 0 Å². The van der Waals surface area contributed by atoms with Crippen LogP contribution < -0.4 is 4.74 Å². The highest BCUT2D eigenvalue weighted by Gasteiger charge is 2.46. The summed E-state index contributed by atoms with van der Waals surface area (Å²) in [6, 6.07) is 12.4. The van der Waals surface area contributed by atoms with Gasteiger partial charge in [0.05, 0.1) is 18.2 Å². The van der Waals surface area contributed by atoms with Crippen molar-refractivity contribution in [3.8, 4) is 5.75 Å². The fourth-order valence-corrected chi connectivity index (χ4v) is 4.83. The highest BCUT2D eigenvalue weighted by molar-refractivity contribution is 6.46. The molecule has 2 N–H and O–H groups in total. The van der Waals surface area contributed by atoms with Crippen LogP contribution in [0.25, 0.3) is 16.7 Å². The van der Waals surface area contributed by atoms with E-state index in [0.29, 0.717) is 31.7 Å². The van der Waals surface area contributed by atoms with Crippen molar-refractivity contribution in [2.24, 2.45) is 0 Å². The molecular formula is C29H34N2O5. The molecule has 1 aromatic heterocycles. The molecule has 1 unspecified atom stereocenters. The number of hydrogen-bond acceptors (Lipinski definition) is 5. The number of carbonyl (C=O) groups excluding carboxylic acids is 2. The van der Waals surface area contributed by atoms with Crippen LogP contribution in [0.5, 0.6) is 5.75 Å². The topological polar surface area (TPSA) is 91.9 Å².